The lowest BCUT2D eigenvalue weighted by molar-refractivity contribution is -0.00975. The van der Waals surface area contributed by atoms with Crippen molar-refractivity contribution >= 4 is 10.1 Å². The van der Waals surface area contributed by atoms with Crippen molar-refractivity contribution in [3.05, 3.63) is 0 Å². The Morgan fingerprint density at radius 2 is 1.76 bits per heavy atom. The normalized spacial score (nSPS) is 14.5. The average molecular weight is 269 g/mol. The van der Waals surface area contributed by atoms with Crippen molar-refractivity contribution in [1.82, 2.24) is 4.90 Å². The molecule has 0 aromatic carbocycles. The van der Waals surface area contributed by atoms with E-state index in [9.17, 15) is 13.5 Å². The van der Waals surface area contributed by atoms with Crippen LogP contribution >= 0.6 is 0 Å². The fraction of sp³-hybridized carbons (Fsp3) is 1.00. The van der Waals surface area contributed by atoms with Crippen LogP contribution in [-0.2, 0) is 10.1 Å². The minimum atomic E-state index is -4.05. The minimum absolute atomic E-state index is 0.0586. The molecule has 3 N–H and O–H groups in total. The second-order valence-corrected chi connectivity index (χ2v) is 6.07. The lowest BCUT2D eigenvalue weighted by atomic mass is 10.1. The summed E-state index contributed by atoms with van der Waals surface area (Å²) < 4.78 is 29.7. The molecule has 7 heteroatoms. The summed E-state index contributed by atoms with van der Waals surface area (Å²) in [7, 11) is -4.05. The second kappa shape index (κ2) is 7.99. The minimum Gasteiger partial charge on any atom is -0.395 e. The standard InChI is InChI=1S/C10H23NO5S/c1-9(2)3-5-11(6-7-12)10(13)4-8-17(14,15)16/h9-10,12-13H,3-8H2,1-2H3,(H,14,15,16). The summed E-state index contributed by atoms with van der Waals surface area (Å²) in [5.74, 6) is -0.0115. The van der Waals surface area contributed by atoms with Crippen LogP contribution in [0.5, 0.6) is 0 Å². The Bertz CT molecular complexity index is 291. The largest absolute Gasteiger partial charge is 0.395 e. The van der Waals surface area contributed by atoms with Crippen LogP contribution in [0.4, 0.5) is 0 Å². The molecule has 0 heterocycles. The van der Waals surface area contributed by atoms with Gasteiger partial charge in [0.2, 0.25) is 0 Å². The van der Waals surface area contributed by atoms with Gasteiger partial charge in [0.1, 0.15) is 6.23 Å². The number of aliphatic hydroxyl groups is 2. The van der Waals surface area contributed by atoms with Gasteiger partial charge in [-0.2, -0.15) is 8.42 Å². The highest BCUT2D eigenvalue weighted by atomic mass is 32.2. The van der Waals surface area contributed by atoms with Gasteiger partial charge in [0.05, 0.1) is 12.4 Å². The molecule has 0 bridgehead atoms. The molecule has 0 rings (SSSR count). The van der Waals surface area contributed by atoms with Crippen molar-refractivity contribution in [3.8, 4) is 0 Å². The van der Waals surface area contributed by atoms with Crippen LogP contribution in [0.3, 0.4) is 0 Å². The van der Waals surface area contributed by atoms with Crippen molar-refractivity contribution in [3.63, 3.8) is 0 Å². The molecule has 0 radical (unpaired) electrons. The van der Waals surface area contributed by atoms with E-state index in [0.717, 1.165) is 6.42 Å². The van der Waals surface area contributed by atoms with Gasteiger partial charge in [0.25, 0.3) is 10.1 Å². The van der Waals surface area contributed by atoms with Crippen LogP contribution in [0.25, 0.3) is 0 Å². The fourth-order valence-electron chi connectivity index (χ4n) is 1.40. The van der Waals surface area contributed by atoms with E-state index in [1.165, 1.54) is 0 Å². The van der Waals surface area contributed by atoms with Crippen molar-refractivity contribution in [2.24, 2.45) is 5.92 Å². The highest BCUT2D eigenvalue weighted by Crippen LogP contribution is 2.07. The van der Waals surface area contributed by atoms with Gasteiger partial charge in [-0.3, -0.25) is 9.45 Å². The summed E-state index contributed by atoms with van der Waals surface area (Å²) in [6.07, 6.45) is -0.164. The zero-order valence-electron chi connectivity index (χ0n) is 10.4. The number of nitrogens with zero attached hydrogens (tertiary/aromatic N) is 1. The maximum atomic E-state index is 10.6. The Balaban J connectivity index is 4.18. The van der Waals surface area contributed by atoms with E-state index in [4.69, 9.17) is 9.66 Å². The molecule has 0 aliphatic carbocycles. The maximum absolute atomic E-state index is 10.6. The van der Waals surface area contributed by atoms with Crippen molar-refractivity contribution in [1.29, 1.82) is 0 Å². The van der Waals surface area contributed by atoms with Crippen molar-refractivity contribution in [2.45, 2.75) is 32.9 Å². The first-order valence-electron chi connectivity index (χ1n) is 5.74. The fourth-order valence-corrected chi connectivity index (χ4v) is 1.91. The molecule has 0 spiro atoms. The van der Waals surface area contributed by atoms with Crippen LogP contribution in [0.15, 0.2) is 0 Å². The molecule has 1 atom stereocenters. The van der Waals surface area contributed by atoms with Crippen molar-refractivity contribution in [2.75, 3.05) is 25.4 Å². The predicted molar refractivity (Wildman–Crippen MR) is 65.2 cm³/mol. The number of rotatable bonds is 9. The topological polar surface area (TPSA) is 98.1 Å². The van der Waals surface area contributed by atoms with Crippen LogP contribution in [-0.4, -0.2) is 59.8 Å². The molecule has 0 saturated heterocycles. The summed E-state index contributed by atoms with van der Waals surface area (Å²) >= 11 is 0. The first-order valence-corrected chi connectivity index (χ1v) is 7.35. The Hall–Kier alpha value is -0.210. The highest BCUT2D eigenvalue weighted by Gasteiger charge is 2.17. The molecule has 0 aliphatic heterocycles. The molecule has 0 saturated carbocycles. The summed E-state index contributed by atoms with van der Waals surface area (Å²) in [5, 5.41) is 18.6. The predicted octanol–water partition coefficient (Wildman–Crippen LogP) is -0.0769. The molecule has 6 nitrogen and oxygen atoms in total. The molecule has 0 amide bonds. The van der Waals surface area contributed by atoms with E-state index in [1.54, 1.807) is 4.90 Å². The van der Waals surface area contributed by atoms with E-state index >= 15 is 0 Å². The van der Waals surface area contributed by atoms with E-state index in [2.05, 4.69) is 0 Å². The third-order valence-electron chi connectivity index (χ3n) is 2.44. The molecule has 1 unspecified atom stereocenters. The molecule has 0 fully saturated rings. The number of hydrogen-bond acceptors (Lipinski definition) is 5. The molecule has 0 aromatic rings. The average Bonchev–Trinajstić information content (AvgIpc) is 2.19. The van der Waals surface area contributed by atoms with Gasteiger partial charge in [-0.25, -0.2) is 0 Å². The Kier molecular flexibility index (Phi) is 7.89. The Morgan fingerprint density at radius 3 is 2.18 bits per heavy atom. The Morgan fingerprint density at radius 1 is 1.18 bits per heavy atom. The Labute approximate surface area is 103 Å². The zero-order chi connectivity index (χ0) is 13.5. The van der Waals surface area contributed by atoms with Crippen LogP contribution < -0.4 is 0 Å². The van der Waals surface area contributed by atoms with E-state index in [0.29, 0.717) is 19.0 Å². The highest BCUT2D eigenvalue weighted by molar-refractivity contribution is 7.85. The third kappa shape index (κ3) is 9.49. The van der Waals surface area contributed by atoms with Crippen molar-refractivity contribution < 1.29 is 23.2 Å². The van der Waals surface area contributed by atoms with Gasteiger partial charge < -0.3 is 10.2 Å². The van der Waals surface area contributed by atoms with Gasteiger partial charge in [-0.05, 0) is 12.3 Å². The molecule has 0 aliphatic rings. The van der Waals surface area contributed by atoms with E-state index in [1.807, 2.05) is 13.8 Å². The summed E-state index contributed by atoms with van der Waals surface area (Å²) in [5.41, 5.74) is 0. The van der Waals surface area contributed by atoms with Gasteiger partial charge in [-0.15, -0.1) is 0 Å². The lowest BCUT2D eigenvalue weighted by Crippen LogP contribution is -2.39. The van der Waals surface area contributed by atoms with Gasteiger partial charge in [0.15, 0.2) is 0 Å². The monoisotopic (exact) mass is 269 g/mol. The first kappa shape index (κ1) is 16.8. The van der Waals surface area contributed by atoms with E-state index < -0.39 is 22.1 Å². The van der Waals surface area contributed by atoms with Crippen LogP contribution in [0.1, 0.15) is 26.7 Å². The molecule has 17 heavy (non-hydrogen) atoms. The second-order valence-electron chi connectivity index (χ2n) is 4.50. The third-order valence-corrected chi connectivity index (χ3v) is 3.19. The van der Waals surface area contributed by atoms with Gasteiger partial charge in [-0.1, -0.05) is 13.8 Å². The smallest absolute Gasteiger partial charge is 0.265 e. The quantitative estimate of drug-likeness (QED) is 0.400. The first-order chi connectivity index (χ1) is 7.76. The molecule has 104 valence electrons. The maximum Gasteiger partial charge on any atom is 0.265 e. The lowest BCUT2D eigenvalue weighted by Gasteiger charge is -2.27. The summed E-state index contributed by atoms with van der Waals surface area (Å²) in [6.45, 7) is 4.87. The summed E-state index contributed by atoms with van der Waals surface area (Å²) in [6, 6.07) is 0. The van der Waals surface area contributed by atoms with E-state index in [-0.39, 0.29) is 13.0 Å². The number of aliphatic hydroxyl groups excluding tert-OH is 2. The molecular formula is C10H23NO5S. The number of hydrogen-bond donors (Lipinski definition) is 3. The van der Waals surface area contributed by atoms with Gasteiger partial charge in [0, 0.05) is 19.5 Å². The molecular weight excluding hydrogens is 246 g/mol. The van der Waals surface area contributed by atoms with Crippen LogP contribution in [0.2, 0.25) is 0 Å². The van der Waals surface area contributed by atoms with Crippen LogP contribution in [0, 0.1) is 5.92 Å². The summed E-state index contributed by atoms with van der Waals surface area (Å²) in [4.78, 5) is 1.62. The molecule has 0 aromatic heterocycles. The SMILES string of the molecule is CC(C)CCN(CCO)C(O)CCS(=O)(=O)O. The zero-order valence-corrected chi connectivity index (χ0v) is 11.2. The van der Waals surface area contributed by atoms with Gasteiger partial charge >= 0.3 is 0 Å².